The average molecular weight is 757 g/mol. The Morgan fingerprint density at radius 2 is 1.81 bits per heavy atom. The summed E-state index contributed by atoms with van der Waals surface area (Å²) in [6.45, 7) is 17.4. The zero-order valence-corrected chi connectivity index (χ0v) is 33.1. The van der Waals surface area contributed by atoms with E-state index in [-0.39, 0.29) is 20.6 Å². The van der Waals surface area contributed by atoms with E-state index in [1.807, 2.05) is 26.8 Å². The zero-order chi connectivity index (χ0) is 38.7. The van der Waals surface area contributed by atoms with E-state index < -0.39 is 12.6 Å². The number of allylic oxidation sites excluding steroid dienone is 1. The lowest BCUT2D eigenvalue weighted by atomic mass is 9.93. The molecule has 0 saturated carbocycles. The molecule has 5 rings (SSSR count). The second kappa shape index (κ2) is 19.6. The van der Waals surface area contributed by atoms with Crippen molar-refractivity contribution in [3.8, 4) is 6.07 Å². The maximum absolute atomic E-state index is 13.5. The number of benzene rings is 1. The molecule has 2 aliphatic rings. The SMILES string of the molecule is CCC(C)/C(=C\c1c(C)nc(NC)nc1NC1CCN(Cc2ccc3c(cc(C#N)n3C[C@H](C)N3CCNCC3)c2C)CC1)CC(F)(F)F.CNP=O. The Morgan fingerprint density at radius 3 is 2.40 bits per heavy atom. The van der Waals surface area contributed by atoms with E-state index in [1.165, 1.54) is 11.1 Å². The Morgan fingerprint density at radius 1 is 1.13 bits per heavy atom. The van der Waals surface area contributed by atoms with Crippen molar-refractivity contribution in [1.29, 1.82) is 5.26 Å². The van der Waals surface area contributed by atoms with Crippen molar-refractivity contribution in [2.45, 2.75) is 91.7 Å². The molecule has 15 heteroatoms. The molecular weight excluding hydrogens is 700 g/mol. The summed E-state index contributed by atoms with van der Waals surface area (Å²) >= 11 is 0. The lowest BCUT2D eigenvalue weighted by molar-refractivity contribution is -0.128. The minimum Gasteiger partial charge on any atom is -0.367 e. The van der Waals surface area contributed by atoms with Crippen LogP contribution in [0.2, 0.25) is 0 Å². The van der Waals surface area contributed by atoms with Gasteiger partial charge in [-0.2, -0.15) is 23.4 Å². The van der Waals surface area contributed by atoms with Gasteiger partial charge in [0.1, 0.15) is 17.6 Å². The first-order valence-corrected chi connectivity index (χ1v) is 19.4. The molecule has 3 aromatic rings. The summed E-state index contributed by atoms with van der Waals surface area (Å²) in [7, 11) is 3.34. The molecule has 0 radical (unpaired) electrons. The number of halogens is 3. The molecule has 1 unspecified atom stereocenters. The maximum Gasteiger partial charge on any atom is 0.392 e. The maximum atomic E-state index is 13.5. The Bertz CT molecular complexity index is 1740. The first kappa shape index (κ1) is 42.1. The number of rotatable bonds is 13. The van der Waals surface area contributed by atoms with Gasteiger partial charge in [0, 0.05) is 88.0 Å². The predicted molar refractivity (Wildman–Crippen MR) is 208 cm³/mol. The number of hydrogen-bond donors (Lipinski definition) is 4. The minimum atomic E-state index is -4.29. The third-order valence-electron chi connectivity index (χ3n) is 10.6. The zero-order valence-electron chi connectivity index (χ0n) is 32.2. The summed E-state index contributed by atoms with van der Waals surface area (Å²) in [4.78, 5) is 14.1. The topological polar surface area (TPSA) is 126 Å². The van der Waals surface area contributed by atoms with Crippen LogP contribution < -0.4 is 21.0 Å². The standard InChI is InChI=1S/C37H52F3N9.CH4NOP/c1-7-24(2)29(20-37(38,39)40)18-33-27(5)44-36(42-6)46-35(33)45-30-10-14-47(15-11-30)23-28-8-9-34-32(26(28)4)19-31(21-41)49(34)22-25(3)48-16-12-43-13-17-48;1-2-4-3/h8-9,18-19,24-25,30,43H,7,10-17,20,22-23H2,1-6H3,(H2,42,44,45,46);1H3,(H,2,3)/b29-18-;/t24?,25-;/m0./s1. The monoisotopic (exact) mass is 756 g/mol. The molecule has 53 heavy (non-hydrogen) atoms. The van der Waals surface area contributed by atoms with Crippen LogP contribution in [0.25, 0.3) is 17.0 Å². The number of likely N-dealkylation sites (tertiary alicyclic amines) is 1. The second-order valence-electron chi connectivity index (χ2n) is 14.1. The van der Waals surface area contributed by atoms with Crippen molar-refractivity contribution in [3.63, 3.8) is 0 Å². The molecule has 1 aromatic carbocycles. The molecule has 2 fully saturated rings. The summed E-state index contributed by atoms with van der Waals surface area (Å²) in [5, 5.41) is 23.5. The number of aromatic nitrogens is 3. The quantitative estimate of drug-likeness (QED) is 0.134. The summed E-state index contributed by atoms with van der Waals surface area (Å²) in [6, 6.07) is 9.34. The number of alkyl halides is 3. The Balaban J connectivity index is 0.00000149. The number of nitrogens with zero attached hydrogens (tertiary/aromatic N) is 6. The van der Waals surface area contributed by atoms with E-state index in [9.17, 15) is 18.4 Å². The highest BCUT2D eigenvalue weighted by atomic mass is 31.1. The van der Waals surface area contributed by atoms with Gasteiger partial charge in [-0.1, -0.05) is 25.5 Å². The number of aryl methyl sites for hydroxylation is 2. The van der Waals surface area contributed by atoms with Gasteiger partial charge in [0.2, 0.25) is 14.6 Å². The van der Waals surface area contributed by atoms with Crippen molar-refractivity contribution in [1.82, 2.24) is 34.7 Å². The minimum absolute atomic E-state index is 0.00154. The number of nitrogens with one attached hydrogen (secondary N) is 4. The lowest BCUT2D eigenvalue weighted by Crippen LogP contribution is -2.48. The first-order valence-electron chi connectivity index (χ1n) is 18.6. The van der Waals surface area contributed by atoms with Gasteiger partial charge in [-0.15, -0.1) is 0 Å². The fraction of sp³-hybridized carbons (Fsp3) is 0.605. The molecule has 290 valence electrons. The van der Waals surface area contributed by atoms with Crippen LogP contribution >= 0.6 is 8.61 Å². The van der Waals surface area contributed by atoms with Crippen LogP contribution in [-0.4, -0.2) is 96.0 Å². The van der Waals surface area contributed by atoms with Crippen LogP contribution in [-0.2, 0) is 17.7 Å². The van der Waals surface area contributed by atoms with Gasteiger partial charge in [0.05, 0.1) is 12.1 Å². The van der Waals surface area contributed by atoms with Gasteiger partial charge in [0.25, 0.3) is 0 Å². The lowest BCUT2D eigenvalue weighted by Gasteiger charge is -2.33. The molecular formula is C38H56F3N10OP. The highest BCUT2D eigenvalue weighted by Crippen LogP contribution is 2.34. The molecule has 0 amide bonds. The largest absolute Gasteiger partial charge is 0.392 e. The van der Waals surface area contributed by atoms with E-state index >= 15 is 0 Å². The van der Waals surface area contributed by atoms with Crippen LogP contribution in [0.15, 0.2) is 23.8 Å². The van der Waals surface area contributed by atoms with Gasteiger partial charge < -0.3 is 20.5 Å². The van der Waals surface area contributed by atoms with Crippen molar-refractivity contribution in [2.24, 2.45) is 5.92 Å². The Hall–Kier alpha value is -3.60. The molecule has 4 heterocycles. The third kappa shape index (κ3) is 11.4. The van der Waals surface area contributed by atoms with E-state index in [2.05, 4.69) is 77.4 Å². The van der Waals surface area contributed by atoms with Crippen LogP contribution in [0.5, 0.6) is 0 Å². The second-order valence-corrected chi connectivity index (χ2v) is 14.8. The Kier molecular flexibility index (Phi) is 15.6. The molecule has 11 nitrogen and oxygen atoms in total. The number of nitriles is 1. The molecule has 0 bridgehead atoms. The van der Waals surface area contributed by atoms with Crippen LogP contribution in [0, 0.1) is 31.1 Å². The van der Waals surface area contributed by atoms with Crippen molar-refractivity contribution in [3.05, 3.63) is 51.9 Å². The van der Waals surface area contributed by atoms with E-state index in [0.717, 1.165) is 76.1 Å². The van der Waals surface area contributed by atoms with Crippen molar-refractivity contribution in [2.75, 3.05) is 64.0 Å². The summed E-state index contributed by atoms with van der Waals surface area (Å²) in [6.07, 6.45) is -1.21. The smallest absolute Gasteiger partial charge is 0.367 e. The molecule has 2 aliphatic heterocycles. The predicted octanol–water partition coefficient (Wildman–Crippen LogP) is 7.13. The molecule has 0 aliphatic carbocycles. The van der Waals surface area contributed by atoms with Crippen molar-refractivity contribution >= 4 is 37.4 Å². The first-order chi connectivity index (χ1) is 25.3. The Labute approximate surface area is 314 Å². The van der Waals surface area contributed by atoms with Gasteiger partial charge in [-0.25, -0.2) is 10.1 Å². The highest BCUT2D eigenvalue weighted by Gasteiger charge is 2.31. The summed E-state index contributed by atoms with van der Waals surface area (Å²) < 4.78 is 51.9. The van der Waals surface area contributed by atoms with Crippen LogP contribution in [0.4, 0.5) is 24.9 Å². The molecule has 2 atom stereocenters. The molecule has 2 saturated heterocycles. The number of piperidine rings is 1. The number of hydrogen-bond acceptors (Lipinski definition) is 9. The molecule has 2 aromatic heterocycles. The van der Waals surface area contributed by atoms with Crippen molar-refractivity contribution < 1.29 is 17.7 Å². The fourth-order valence-corrected chi connectivity index (χ4v) is 7.18. The number of anilines is 2. The third-order valence-corrected chi connectivity index (χ3v) is 10.7. The normalized spacial score (nSPS) is 17.6. The van der Waals surface area contributed by atoms with Gasteiger partial charge in [0.15, 0.2) is 0 Å². The van der Waals surface area contributed by atoms with E-state index in [4.69, 9.17) is 4.57 Å². The average Bonchev–Trinajstić information content (AvgIpc) is 3.51. The highest BCUT2D eigenvalue weighted by molar-refractivity contribution is 7.20. The van der Waals surface area contributed by atoms with E-state index in [0.29, 0.717) is 46.8 Å². The van der Waals surface area contributed by atoms with Gasteiger partial charge in [-0.05, 0) is 82.3 Å². The number of piperazine rings is 1. The van der Waals surface area contributed by atoms with Gasteiger partial charge >= 0.3 is 6.18 Å². The molecule has 4 N–H and O–H groups in total. The van der Waals surface area contributed by atoms with Crippen LogP contribution in [0.1, 0.15) is 74.5 Å². The van der Waals surface area contributed by atoms with E-state index in [1.54, 1.807) is 20.2 Å². The summed E-state index contributed by atoms with van der Waals surface area (Å²) in [5.74, 6) is 0.798. The fourth-order valence-electron chi connectivity index (χ4n) is 7.18. The van der Waals surface area contributed by atoms with Gasteiger partial charge in [-0.3, -0.25) is 14.4 Å². The molecule has 0 spiro atoms. The van der Waals surface area contributed by atoms with Crippen LogP contribution in [0.3, 0.4) is 0 Å². The summed E-state index contributed by atoms with van der Waals surface area (Å²) in [5.41, 5.74) is 5.89. The number of fused-ring (bicyclic) bond motifs is 1.